The molecule has 3 heteroatoms. The molecule has 0 aromatic rings. The lowest BCUT2D eigenvalue weighted by Crippen LogP contribution is -2.33. The fourth-order valence-electron chi connectivity index (χ4n) is 0.365. The second-order valence-electron chi connectivity index (χ2n) is 2.33. The van der Waals surface area contributed by atoms with Crippen molar-refractivity contribution in [3.8, 4) is 0 Å². The van der Waals surface area contributed by atoms with E-state index in [1.165, 1.54) is 6.92 Å². The summed E-state index contributed by atoms with van der Waals surface area (Å²) in [6.45, 7) is 7.55. The summed E-state index contributed by atoms with van der Waals surface area (Å²) in [5.74, 6) is 0.0498. The van der Waals surface area contributed by atoms with Gasteiger partial charge in [0.25, 0.3) is 0 Å². The molecular weight excluding hydrogens is 128 g/mol. The first-order valence-corrected chi connectivity index (χ1v) is 3.15. The van der Waals surface area contributed by atoms with Gasteiger partial charge in [-0.1, -0.05) is 6.58 Å². The molecule has 0 saturated carbocycles. The van der Waals surface area contributed by atoms with Crippen molar-refractivity contribution in [3.63, 3.8) is 0 Å². The maximum absolute atomic E-state index is 10.6. The van der Waals surface area contributed by atoms with Crippen LogP contribution in [0.25, 0.3) is 0 Å². The van der Waals surface area contributed by atoms with E-state index >= 15 is 0 Å². The molecule has 0 rings (SSSR count). The highest BCUT2D eigenvalue weighted by Gasteiger charge is 1.98. The van der Waals surface area contributed by atoms with E-state index in [9.17, 15) is 4.79 Å². The van der Waals surface area contributed by atoms with Crippen molar-refractivity contribution >= 4 is 5.91 Å². The van der Waals surface area contributed by atoms with E-state index in [-0.39, 0.29) is 5.91 Å². The molecule has 58 valence electrons. The number of nitrogens with zero attached hydrogens (tertiary/aromatic N) is 1. The Morgan fingerprint density at radius 3 is 2.40 bits per heavy atom. The van der Waals surface area contributed by atoms with Gasteiger partial charge in [-0.25, -0.2) is 0 Å². The minimum atomic E-state index is 0.0498. The monoisotopic (exact) mass is 142 g/mol. The number of rotatable bonds is 3. The zero-order valence-corrected chi connectivity index (χ0v) is 6.77. The van der Waals surface area contributed by atoms with Crippen LogP contribution in [0.5, 0.6) is 0 Å². The summed E-state index contributed by atoms with van der Waals surface area (Å²) >= 11 is 0. The molecule has 0 aliphatic heterocycles. The van der Waals surface area contributed by atoms with E-state index in [4.69, 9.17) is 0 Å². The number of hydrogen-bond acceptors (Lipinski definition) is 2. The molecule has 10 heavy (non-hydrogen) atoms. The second-order valence-corrected chi connectivity index (χ2v) is 2.33. The molecule has 0 radical (unpaired) electrons. The van der Waals surface area contributed by atoms with E-state index in [1.54, 1.807) is 11.9 Å². The van der Waals surface area contributed by atoms with Crippen molar-refractivity contribution in [2.24, 2.45) is 0 Å². The number of allylic oxidation sites excluding steroid dienone is 1. The Bertz CT molecular complexity index is 143. The predicted octanol–water partition coefficient (Wildman–Crippen LogP) is 0.545. The number of amides is 1. The van der Waals surface area contributed by atoms with Crippen molar-refractivity contribution in [2.75, 3.05) is 13.7 Å². The minimum Gasteiger partial charge on any atom is -0.372 e. The molecule has 1 amide bonds. The molecule has 3 nitrogen and oxygen atoms in total. The lowest BCUT2D eigenvalue weighted by atomic mass is 10.5. The van der Waals surface area contributed by atoms with E-state index in [2.05, 4.69) is 11.9 Å². The molecule has 0 atom stereocenters. The fraction of sp³-hybridized carbons (Fsp3) is 0.571. The summed E-state index contributed by atoms with van der Waals surface area (Å²) in [4.78, 5) is 12.2. The van der Waals surface area contributed by atoms with E-state index in [1.807, 2.05) is 6.92 Å². The maximum atomic E-state index is 10.6. The second kappa shape index (κ2) is 3.93. The zero-order chi connectivity index (χ0) is 8.15. The van der Waals surface area contributed by atoms with E-state index in [0.29, 0.717) is 6.67 Å². The van der Waals surface area contributed by atoms with Gasteiger partial charge in [-0.15, -0.1) is 0 Å². The molecule has 0 aromatic heterocycles. The van der Waals surface area contributed by atoms with Crippen LogP contribution in [0.2, 0.25) is 0 Å². The number of hydrogen-bond donors (Lipinski definition) is 1. The van der Waals surface area contributed by atoms with Crippen LogP contribution in [-0.2, 0) is 4.79 Å². The average molecular weight is 142 g/mol. The molecule has 0 aliphatic carbocycles. The summed E-state index contributed by atoms with van der Waals surface area (Å²) in [5, 5.41) is 2.94. The van der Waals surface area contributed by atoms with Crippen LogP contribution in [0.1, 0.15) is 13.8 Å². The number of nitrogens with one attached hydrogen (secondary N) is 1. The van der Waals surface area contributed by atoms with Crippen molar-refractivity contribution in [1.29, 1.82) is 0 Å². The van der Waals surface area contributed by atoms with Gasteiger partial charge in [0, 0.05) is 19.7 Å². The Kier molecular flexibility index (Phi) is 3.54. The minimum absolute atomic E-state index is 0.0498. The molecule has 0 aromatic carbocycles. The largest absolute Gasteiger partial charge is 0.372 e. The standard InChI is InChI=1S/C7H14N2O/c1-6(2)8-5-9(4)7(3)10/h8H,1,5H2,2-4H3. The van der Waals surface area contributed by atoms with Crippen molar-refractivity contribution in [2.45, 2.75) is 13.8 Å². The van der Waals surface area contributed by atoms with Crippen molar-refractivity contribution in [3.05, 3.63) is 12.3 Å². The highest BCUT2D eigenvalue weighted by molar-refractivity contribution is 5.72. The van der Waals surface area contributed by atoms with Crippen LogP contribution in [-0.4, -0.2) is 24.5 Å². The lowest BCUT2D eigenvalue weighted by Gasteiger charge is -2.15. The predicted molar refractivity (Wildman–Crippen MR) is 41.3 cm³/mol. The van der Waals surface area contributed by atoms with Crippen LogP contribution < -0.4 is 5.32 Å². The van der Waals surface area contributed by atoms with E-state index < -0.39 is 0 Å². The normalized spacial score (nSPS) is 8.70. The summed E-state index contributed by atoms with van der Waals surface area (Å²) in [6.07, 6.45) is 0. The summed E-state index contributed by atoms with van der Waals surface area (Å²) in [7, 11) is 1.73. The summed E-state index contributed by atoms with van der Waals surface area (Å²) in [5.41, 5.74) is 0.869. The Balaban J connectivity index is 3.49. The third-order valence-electron chi connectivity index (χ3n) is 1.16. The van der Waals surface area contributed by atoms with Gasteiger partial charge < -0.3 is 10.2 Å². The molecule has 0 unspecified atom stereocenters. The third kappa shape index (κ3) is 3.95. The van der Waals surface area contributed by atoms with Gasteiger partial charge >= 0.3 is 0 Å². The van der Waals surface area contributed by atoms with Gasteiger partial charge in [-0.2, -0.15) is 0 Å². The number of carbonyl (C=O) groups is 1. The van der Waals surface area contributed by atoms with Crippen molar-refractivity contribution < 1.29 is 4.79 Å². The van der Waals surface area contributed by atoms with Crippen LogP contribution in [0.3, 0.4) is 0 Å². The lowest BCUT2D eigenvalue weighted by molar-refractivity contribution is -0.127. The molecule has 0 saturated heterocycles. The van der Waals surface area contributed by atoms with Crippen LogP contribution in [0.4, 0.5) is 0 Å². The highest BCUT2D eigenvalue weighted by Crippen LogP contribution is 1.82. The smallest absolute Gasteiger partial charge is 0.220 e. The molecule has 0 fully saturated rings. The van der Waals surface area contributed by atoms with Gasteiger partial charge in [-0.3, -0.25) is 4.79 Å². The van der Waals surface area contributed by atoms with E-state index in [0.717, 1.165) is 5.70 Å². The van der Waals surface area contributed by atoms with Gasteiger partial charge in [0.05, 0.1) is 6.67 Å². The van der Waals surface area contributed by atoms with Gasteiger partial charge in [0.2, 0.25) is 5.91 Å². The quantitative estimate of drug-likeness (QED) is 0.583. The zero-order valence-electron chi connectivity index (χ0n) is 6.77. The third-order valence-corrected chi connectivity index (χ3v) is 1.16. The van der Waals surface area contributed by atoms with Gasteiger partial charge in [0.15, 0.2) is 0 Å². The first-order valence-electron chi connectivity index (χ1n) is 3.15. The van der Waals surface area contributed by atoms with Crippen molar-refractivity contribution in [1.82, 2.24) is 10.2 Å². The SMILES string of the molecule is C=C(C)NCN(C)C(C)=O. The average Bonchev–Trinajstić information content (AvgIpc) is 1.82. The summed E-state index contributed by atoms with van der Waals surface area (Å²) in [6, 6.07) is 0. The molecule has 0 heterocycles. The Morgan fingerprint density at radius 1 is 1.60 bits per heavy atom. The summed E-state index contributed by atoms with van der Waals surface area (Å²) < 4.78 is 0. The topological polar surface area (TPSA) is 32.3 Å². The fourth-order valence-corrected chi connectivity index (χ4v) is 0.365. The van der Waals surface area contributed by atoms with Crippen LogP contribution in [0.15, 0.2) is 12.3 Å². The first-order chi connectivity index (χ1) is 4.54. The first kappa shape index (κ1) is 9.01. The molecule has 0 bridgehead atoms. The molecule has 0 spiro atoms. The Morgan fingerprint density at radius 2 is 2.10 bits per heavy atom. The Labute approximate surface area is 61.7 Å². The van der Waals surface area contributed by atoms with Crippen LogP contribution in [0, 0.1) is 0 Å². The van der Waals surface area contributed by atoms with Gasteiger partial charge in [-0.05, 0) is 6.92 Å². The molecule has 1 N–H and O–H groups in total. The highest BCUT2D eigenvalue weighted by atomic mass is 16.2. The number of carbonyl (C=O) groups excluding carboxylic acids is 1. The Hall–Kier alpha value is -0.990. The van der Waals surface area contributed by atoms with Gasteiger partial charge in [0.1, 0.15) is 0 Å². The molecule has 0 aliphatic rings. The maximum Gasteiger partial charge on any atom is 0.220 e. The van der Waals surface area contributed by atoms with Crippen LogP contribution >= 0.6 is 0 Å². The molecular formula is C7H14N2O.